The van der Waals surface area contributed by atoms with Crippen LogP contribution in [-0.2, 0) is 0 Å². The van der Waals surface area contributed by atoms with Gasteiger partial charge in [0, 0.05) is 13.1 Å². The Bertz CT molecular complexity index is 119. The average Bonchev–Trinajstić information content (AvgIpc) is 2.13. The van der Waals surface area contributed by atoms with Crippen LogP contribution in [0.4, 0.5) is 0 Å². The molecule has 0 N–H and O–H groups in total. The van der Waals surface area contributed by atoms with Crippen molar-refractivity contribution in [1.29, 1.82) is 0 Å². The maximum absolute atomic E-state index is 3.75. The molecule has 0 unspecified atom stereocenters. The van der Waals surface area contributed by atoms with Crippen LogP contribution < -0.4 is 0 Å². The Morgan fingerprint density at radius 3 is 2.08 bits per heavy atom. The number of hydrogen-bond donors (Lipinski definition) is 0. The Hall–Kier alpha value is -0.560. The largest absolute Gasteiger partial charge is 0.296 e. The van der Waals surface area contributed by atoms with Crippen molar-refractivity contribution >= 4 is 0 Å². The van der Waals surface area contributed by atoms with Crippen LogP contribution in [0.25, 0.3) is 0 Å². The lowest BCUT2D eigenvalue weighted by molar-refractivity contribution is 0.325. The van der Waals surface area contributed by atoms with E-state index in [0.717, 1.165) is 13.1 Å². The minimum Gasteiger partial charge on any atom is -0.296 e. The Labute approximate surface area is 83.1 Å². The fourth-order valence-electron chi connectivity index (χ4n) is 1.38. The van der Waals surface area contributed by atoms with Gasteiger partial charge in [-0.1, -0.05) is 38.3 Å². The quantitative estimate of drug-likeness (QED) is 0.390. The van der Waals surface area contributed by atoms with Gasteiger partial charge >= 0.3 is 0 Å². The molecule has 0 fully saturated rings. The van der Waals surface area contributed by atoms with Crippen molar-refractivity contribution in [3.8, 4) is 0 Å². The number of rotatable bonds is 9. The van der Waals surface area contributed by atoms with Gasteiger partial charge in [-0.2, -0.15) is 0 Å². The molecule has 0 aliphatic heterocycles. The lowest BCUT2D eigenvalue weighted by atomic mass is 10.2. The average molecular weight is 181 g/mol. The molecule has 0 atom stereocenters. The van der Waals surface area contributed by atoms with Gasteiger partial charge in [0.1, 0.15) is 0 Å². The standard InChI is InChI=1S/C12H23N/c1-4-7-8-9-12-13(10-5-2)11-6-3/h5-6H,2-4,7-12H2,1H3. The number of unbranched alkanes of at least 4 members (excludes halogenated alkanes) is 3. The molecule has 0 rings (SSSR count). The second-order valence-electron chi connectivity index (χ2n) is 3.40. The van der Waals surface area contributed by atoms with Gasteiger partial charge in [0.2, 0.25) is 0 Å². The molecule has 0 saturated heterocycles. The van der Waals surface area contributed by atoms with E-state index in [1.807, 2.05) is 12.2 Å². The van der Waals surface area contributed by atoms with E-state index in [1.54, 1.807) is 0 Å². The van der Waals surface area contributed by atoms with Crippen molar-refractivity contribution in [2.75, 3.05) is 19.6 Å². The van der Waals surface area contributed by atoms with Crippen molar-refractivity contribution in [2.45, 2.75) is 32.6 Å². The summed E-state index contributed by atoms with van der Waals surface area (Å²) in [6.07, 6.45) is 9.24. The molecule has 0 aliphatic rings. The highest BCUT2D eigenvalue weighted by molar-refractivity contribution is 4.79. The van der Waals surface area contributed by atoms with Crippen LogP contribution in [0, 0.1) is 0 Å². The molecule has 0 aliphatic carbocycles. The lowest BCUT2D eigenvalue weighted by Gasteiger charge is -2.18. The summed E-state index contributed by atoms with van der Waals surface area (Å²) in [4.78, 5) is 2.37. The molecule has 1 heteroatoms. The Balaban J connectivity index is 3.43. The van der Waals surface area contributed by atoms with Gasteiger partial charge < -0.3 is 0 Å². The third-order valence-electron chi connectivity index (χ3n) is 2.10. The molecule has 0 radical (unpaired) electrons. The van der Waals surface area contributed by atoms with Crippen molar-refractivity contribution in [3.63, 3.8) is 0 Å². The van der Waals surface area contributed by atoms with Crippen molar-refractivity contribution in [2.24, 2.45) is 0 Å². The number of hydrogen-bond acceptors (Lipinski definition) is 1. The van der Waals surface area contributed by atoms with E-state index in [-0.39, 0.29) is 0 Å². The van der Waals surface area contributed by atoms with Gasteiger partial charge in [-0.15, -0.1) is 13.2 Å². The topological polar surface area (TPSA) is 3.24 Å². The van der Waals surface area contributed by atoms with Gasteiger partial charge in [0.25, 0.3) is 0 Å². The zero-order valence-electron chi connectivity index (χ0n) is 8.97. The van der Waals surface area contributed by atoms with E-state index in [4.69, 9.17) is 0 Å². The maximum atomic E-state index is 3.75. The molecule has 0 aromatic heterocycles. The van der Waals surface area contributed by atoms with Crippen LogP contribution in [-0.4, -0.2) is 24.5 Å². The summed E-state index contributed by atoms with van der Waals surface area (Å²) in [5.41, 5.74) is 0. The molecule has 13 heavy (non-hydrogen) atoms. The van der Waals surface area contributed by atoms with E-state index in [0.29, 0.717) is 0 Å². The smallest absolute Gasteiger partial charge is 0.0163 e. The van der Waals surface area contributed by atoms with Crippen molar-refractivity contribution in [1.82, 2.24) is 4.90 Å². The van der Waals surface area contributed by atoms with Crippen LogP contribution in [0.1, 0.15) is 32.6 Å². The predicted octanol–water partition coefficient (Wildman–Crippen LogP) is 3.24. The van der Waals surface area contributed by atoms with Crippen LogP contribution in [0.5, 0.6) is 0 Å². The van der Waals surface area contributed by atoms with Crippen LogP contribution in [0.2, 0.25) is 0 Å². The van der Waals surface area contributed by atoms with Gasteiger partial charge in [-0.05, 0) is 13.0 Å². The monoisotopic (exact) mass is 181 g/mol. The van der Waals surface area contributed by atoms with Gasteiger partial charge in [0.15, 0.2) is 0 Å². The van der Waals surface area contributed by atoms with Crippen LogP contribution in [0.3, 0.4) is 0 Å². The van der Waals surface area contributed by atoms with E-state index in [2.05, 4.69) is 25.0 Å². The highest BCUT2D eigenvalue weighted by atomic mass is 15.1. The zero-order chi connectivity index (χ0) is 9.94. The van der Waals surface area contributed by atoms with E-state index >= 15 is 0 Å². The molecule has 0 bridgehead atoms. The Kier molecular flexibility index (Phi) is 9.12. The molecular formula is C12H23N. The summed E-state index contributed by atoms with van der Waals surface area (Å²) < 4.78 is 0. The van der Waals surface area contributed by atoms with E-state index < -0.39 is 0 Å². The van der Waals surface area contributed by atoms with Crippen molar-refractivity contribution < 1.29 is 0 Å². The van der Waals surface area contributed by atoms with Gasteiger partial charge in [0.05, 0.1) is 0 Å². The summed E-state index contributed by atoms with van der Waals surface area (Å²) in [7, 11) is 0. The first-order valence-corrected chi connectivity index (χ1v) is 5.29. The Morgan fingerprint density at radius 1 is 1.00 bits per heavy atom. The second kappa shape index (κ2) is 9.53. The number of nitrogens with zero attached hydrogens (tertiary/aromatic N) is 1. The third kappa shape index (κ3) is 7.79. The molecule has 0 heterocycles. The summed E-state index contributed by atoms with van der Waals surface area (Å²) in [5, 5.41) is 0. The highest BCUT2D eigenvalue weighted by Gasteiger charge is 1.98. The third-order valence-corrected chi connectivity index (χ3v) is 2.10. The zero-order valence-corrected chi connectivity index (χ0v) is 8.97. The van der Waals surface area contributed by atoms with E-state index in [9.17, 15) is 0 Å². The van der Waals surface area contributed by atoms with Crippen LogP contribution >= 0.6 is 0 Å². The fourth-order valence-corrected chi connectivity index (χ4v) is 1.38. The molecule has 0 spiro atoms. The van der Waals surface area contributed by atoms with Crippen LogP contribution in [0.15, 0.2) is 25.3 Å². The predicted molar refractivity (Wildman–Crippen MR) is 61.0 cm³/mol. The maximum Gasteiger partial charge on any atom is 0.0163 e. The molecule has 0 amide bonds. The summed E-state index contributed by atoms with van der Waals surface area (Å²) in [5.74, 6) is 0. The molecular weight excluding hydrogens is 158 g/mol. The molecule has 1 nitrogen and oxygen atoms in total. The summed E-state index contributed by atoms with van der Waals surface area (Å²) in [6, 6.07) is 0. The minimum absolute atomic E-state index is 0.984. The fraction of sp³-hybridized carbons (Fsp3) is 0.667. The van der Waals surface area contributed by atoms with E-state index in [1.165, 1.54) is 32.2 Å². The first-order valence-electron chi connectivity index (χ1n) is 5.29. The first kappa shape index (κ1) is 12.4. The Morgan fingerprint density at radius 2 is 1.62 bits per heavy atom. The lowest BCUT2D eigenvalue weighted by Crippen LogP contribution is -2.24. The second-order valence-corrected chi connectivity index (χ2v) is 3.40. The first-order chi connectivity index (χ1) is 6.35. The molecule has 0 aromatic rings. The highest BCUT2D eigenvalue weighted by Crippen LogP contribution is 2.01. The molecule has 0 aromatic carbocycles. The van der Waals surface area contributed by atoms with Crippen molar-refractivity contribution in [3.05, 3.63) is 25.3 Å². The van der Waals surface area contributed by atoms with Gasteiger partial charge in [-0.3, -0.25) is 4.90 Å². The normalized spacial score (nSPS) is 10.3. The molecule has 0 saturated carbocycles. The van der Waals surface area contributed by atoms with Gasteiger partial charge in [-0.25, -0.2) is 0 Å². The minimum atomic E-state index is 0.984. The SMILES string of the molecule is C=CCN(CC=C)CCCCCC. The molecule has 76 valence electrons. The summed E-state index contributed by atoms with van der Waals surface area (Å²) >= 11 is 0. The summed E-state index contributed by atoms with van der Waals surface area (Å²) in [6.45, 7) is 12.9.